The van der Waals surface area contributed by atoms with Crippen molar-refractivity contribution in [2.75, 3.05) is 6.61 Å². The van der Waals surface area contributed by atoms with E-state index in [1.165, 1.54) is 12.2 Å². The second-order valence-electron chi connectivity index (χ2n) is 4.39. The molecule has 0 saturated carbocycles. The number of hydrogen-bond donors (Lipinski definition) is 2. The molecule has 104 valence electrons. The van der Waals surface area contributed by atoms with Crippen LogP contribution in [0.15, 0.2) is 53.0 Å². The lowest BCUT2D eigenvalue weighted by atomic mass is 10.1. The van der Waals surface area contributed by atoms with Crippen molar-refractivity contribution in [3.63, 3.8) is 0 Å². The van der Waals surface area contributed by atoms with E-state index in [0.717, 1.165) is 5.56 Å². The molecule has 0 radical (unpaired) electrons. The van der Waals surface area contributed by atoms with Gasteiger partial charge in [0.1, 0.15) is 18.1 Å². The van der Waals surface area contributed by atoms with Gasteiger partial charge in [-0.05, 0) is 29.8 Å². The van der Waals surface area contributed by atoms with E-state index in [0.29, 0.717) is 17.9 Å². The molecule has 0 bridgehead atoms. The maximum Gasteiger partial charge on any atom is 0.181 e. The van der Waals surface area contributed by atoms with Crippen LogP contribution in [0.5, 0.6) is 0 Å². The topological polar surface area (TPSA) is 70.7 Å². The molecule has 4 heteroatoms. The number of hydrogen-bond acceptors (Lipinski definition) is 4. The van der Waals surface area contributed by atoms with Crippen molar-refractivity contribution in [1.82, 2.24) is 0 Å². The first-order valence-corrected chi connectivity index (χ1v) is 6.32. The minimum absolute atomic E-state index is 0.367. The zero-order valence-electron chi connectivity index (χ0n) is 10.9. The predicted molar refractivity (Wildman–Crippen MR) is 74.9 cm³/mol. The van der Waals surface area contributed by atoms with Gasteiger partial charge in [-0.1, -0.05) is 30.3 Å². The number of carbonyl (C=O) groups excluding carboxylic acids is 1. The molecule has 0 fully saturated rings. The SMILES string of the molecule is O=C(/C=C/c1ccc(CC(O)c2ccccc2)o1)CO. The minimum Gasteiger partial charge on any atom is -0.462 e. The van der Waals surface area contributed by atoms with E-state index >= 15 is 0 Å². The molecule has 2 rings (SSSR count). The number of carbonyl (C=O) groups is 1. The molecular formula is C16H16O4. The minimum atomic E-state index is -0.627. The molecule has 0 spiro atoms. The van der Waals surface area contributed by atoms with Crippen LogP contribution in [0.2, 0.25) is 0 Å². The Bertz CT molecular complexity index is 584. The van der Waals surface area contributed by atoms with Crippen molar-refractivity contribution < 1.29 is 19.4 Å². The van der Waals surface area contributed by atoms with Gasteiger partial charge < -0.3 is 14.6 Å². The Morgan fingerprint density at radius 2 is 1.95 bits per heavy atom. The van der Waals surface area contributed by atoms with Gasteiger partial charge in [0.05, 0.1) is 6.10 Å². The zero-order chi connectivity index (χ0) is 14.4. The third kappa shape index (κ3) is 3.91. The van der Waals surface area contributed by atoms with E-state index in [2.05, 4.69) is 0 Å². The highest BCUT2D eigenvalue weighted by Crippen LogP contribution is 2.20. The monoisotopic (exact) mass is 272 g/mol. The highest BCUT2D eigenvalue weighted by molar-refractivity contribution is 5.94. The van der Waals surface area contributed by atoms with Crippen molar-refractivity contribution in [2.24, 2.45) is 0 Å². The summed E-state index contributed by atoms with van der Waals surface area (Å²) in [5, 5.41) is 18.7. The van der Waals surface area contributed by atoms with Crippen LogP contribution in [0, 0.1) is 0 Å². The molecule has 0 aliphatic heterocycles. The largest absolute Gasteiger partial charge is 0.462 e. The Balaban J connectivity index is 1.99. The van der Waals surface area contributed by atoms with Crippen LogP contribution in [0.3, 0.4) is 0 Å². The second kappa shape index (κ2) is 6.84. The van der Waals surface area contributed by atoms with Crippen molar-refractivity contribution in [2.45, 2.75) is 12.5 Å². The van der Waals surface area contributed by atoms with Crippen molar-refractivity contribution in [3.05, 3.63) is 65.6 Å². The Morgan fingerprint density at radius 1 is 1.20 bits per heavy atom. The van der Waals surface area contributed by atoms with Gasteiger partial charge in [-0.25, -0.2) is 0 Å². The summed E-state index contributed by atoms with van der Waals surface area (Å²) >= 11 is 0. The van der Waals surface area contributed by atoms with Gasteiger partial charge >= 0.3 is 0 Å². The van der Waals surface area contributed by atoms with Crippen LogP contribution < -0.4 is 0 Å². The summed E-state index contributed by atoms with van der Waals surface area (Å²) < 4.78 is 5.49. The van der Waals surface area contributed by atoms with Crippen LogP contribution >= 0.6 is 0 Å². The molecule has 0 aliphatic carbocycles. The highest BCUT2D eigenvalue weighted by atomic mass is 16.3. The van der Waals surface area contributed by atoms with E-state index in [9.17, 15) is 9.90 Å². The molecule has 0 aliphatic rings. The van der Waals surface area contributed by atoms with Crippen LogP contribution in [0.4, 0.5) is 0 Å². The smallest absolute Gasteiger partial charge is 0.181 e. The quantitative estimate of drug-likeness (QED) is 0.790. The summed E-state index contributed by atoms with van der Waals surface area (Å²) in [7, 11) is 0. The van der Waals surface area contributed by atoms with Gasteiger partial charge in [-0.3, -0.25) is 4.79 Å². The maximum atomic E-state index is 10.9. The standard InChI is InChI=1S/C16H16O4/c17-11-13(18)6-7-14-8-9-15(20-14)10-16(19)12-4-2-1-3-5-12/h1-9,16-17,19H,10-11H2/b7-6+. The predicted octanol–water partition coefficient (Wildman–Crippen LogP) is 2.13. The molecule has 4 nitrogen and oxygen atoms in total. The van der Waals surface area contributed by atoms with Gasteiger partial charge in [0, 0.05) is 6.42 Å². The first-order valence-electron chi connectivity index (χ1n) is 6.32. The van der Waals surface area contributed by atoms with Crippen molar-refractivity contribution >= 4 is 11.9 Å². The highest BCUT2D eigenvalue weighted by Gasteiger charge is 2.10. The number of benzene rings is 1. The third-order valence-electron chi connectivity index (χ3n) is 2.85. The molecule has 1 aromatic carbocycles. The summed E-state index contributed by atoms with van der Waals surface area (Å²) in [5.41, 5.74) is 0.830. The number of furan rings is 1. The molecule has 1 heterocycles. The lowest BCUT2D eigenvalue weighted by Crippen LogP contribution is -2.00. The Hall–Kier alpha value is -2.17. The average molecular weight is 272 g/mol. The molecule has 0 saturated heterocycles. The fourth-order valence-corrected chi connectivity index (χ4v) is 1.81. The zero-order valence-corrected chi connectivity index (χ0v) is 10.9. The second-order valence-corrected chi connectivity index (χ2v) is 4.39. The van der Waals surface area contributed by atoms with Crippen molar-refractivity contribution in [1.29, 1.82) is 0 Å². The summed E-state index contributed by atoms with van der Waals surface area (Å²) in [6.07, 6.45) is 2.50. The lowest BCUT2D eigenvalue weighted by Gasteiger charge is -2.08. The molecule has 1 unspecified atom stereocenters. The Kier molecular flexibility index (Phi) is 4.87. The van der Waals surface area contributed by atoms with E-state index in [1.807, 2.05) is 30.3 Å². The summed E-state index contributed by atoms with van der Waals surface area (Å²) in [4.78, 5) is 10.9. The van der Waals surface area contributed by atoms with Gasteiger partial charge in [-0.15, -0.1) is 0 Å². The summed E-state index contributed by atoms with van der Waals surface area (Å²) in [6, 6.07) is 12.8. The summed E-state index contributed by atoms with van der Waals surface area (Å²) in [5.74, 6) is 0.770. The van der Waals surface area contributed by atoms with E-state index < -0.39 is 12.7 Å². The number of aliphatic hydroxyl groups excluding tert-OH is 2. The first-order chi connectivity index (χ1) is 9.69. The van der Waals surface area contributed by atoms with Crippen LogP contribution in [-0.2, 0) is 11.2 Å². The van der Waals surface area contributed by atoms with E-state index in [4.69, 9.17) is 9.52 Å². The van der Waals surface area contributed by atoms with Gasteiger partial charge in [0.25, 0.3) is 0 Å². The first kappa shape index (κ1) is 14.2. The molecule has 1 aromatic heterocycles. The average Bonchev–Trinajstić information content (AvgIpc) is 2.93. The lowest BCUT2D eigenvalue weighted by molar-refractivity contribution is -0.117. The molecule has 0 amide bonds. The Morgan fingerprint density at radius 3 is 2.65 bits per heavy atom. The number of aliphatic hydroxyl groups is 2. The fraction of sp³-hybridized carbons (Fsp3) is 0.188. The Labute approximate surface area is 117 Å². The molecular weight excluding hydrogens is 256 g/mol. The van der Waals surface area contributed by atoms with Gasteiger partial charge in [-0.2, -0.15) is 0 Å². The van der Waals surface area contributed by atoms with Crippen molar-refractivity contribution in [3.8, 4) is 0 Å². The molecule has 1 atom stereocenters. The van der Waals surface area contributed by atoms with Gasteiger partial charge in [0.15, 0.2) is 5.78 Å². The fourth-order valence-electron chi connectivity index (χ4n) is 1.81. The molecule has 2 N–H and O–H groups in total. The molecule has 20 heavy (non-hydrogen) atoms. The molecule has 2 aromatic rings. The normalized spacial score (nSPS) is 12.7. The summed E-state index contributed by atoms with van der Waals surface area (Å²) in [6.45, 7) is -0.517. The third-order valence-corrected chi connectivity index (χ3v) is 2.85. The van der Waals surface area contributed by atoms with E-state index in [-0.39, 0.29) is 5.78 Å². The van der Waals surface area contributed by atoms with Gasteiger partial charge in [0.2, 0.25) is 0 Å². The van der Waals surface area contributed by atoms with Crippen LogP contribution in [0.1, 0.15) is 23.2 Å². The van der Waals surface area contributed by atoms with Crippen LogP contribution in [-0.4, -0.2) is 22.6 Å². The number of rotatable bonds is 6. The van der Waals surface area contributed by atoms with Crippen LogP contribution in [0.25, 0.3) is 6.08 Å². The van der Waals surface area contributed by atoms with E-state index in [1.54, 1.807) is 12.1 Å². The maximum absolute atomic E-state index is 10.9. The number of ketones is 1.